The van der Waals surface area contributed by atoms with Crippen molar-refractivity contribution < 1.29 is 14.3 Å². The normalized spacial score (nSPS) is 14.2. The van der Waals surface area contributed by atoms with Crippen LogP contribution in [0.1, 0.15) is 68.6 Å². The molecule has 1 amide bonds. The lowest BCUT2D eigenvalue weighted by Crippen LogP contribution is -2.30. The Hall–Kier alpha value is -1.76. The van der Waals surface area contributed by atoms with Gasteiger partial charge in [0.05, 0.1) is 11.6 Å². The Labute approximate surface area is 210 Å². The Kier molecular flexibility index (Phi) is 10.4. The van der Waals surface area contributed by atoms with Gasteiger partial charge in [0.2, 0.25) is 5.91 Å². The summed E-state index contributed by atoms with van der Waals surface area (Å²) in [4.78, 5) is 11.0. The summed E-state index contributed by atoms with van der Waals surface area (Å²) in [5, 5.41) is 6.63. The number of nitrogens with one attached hydrogen (secondary N) is 2. The number of hydrogen-bond donors (Lipinski definition) is 2. The molecule has 0 bridgehead atoms. The molecule has 0 atom stereocenters. The first kappa shape index (κ1) is 25.9. The summed E-state index contributed by atoms with van der Waals surface area (Å²) < 4.78 is 13.1. The molecule has 0 aromatic heterocycles. The van der Waals surface area contributed by atoms with Gasteiger partial charge in [-0.25, -0.2) is 0 Å². The van der Waals surface area contributed by atoms with Gasteiger partial charge in [0.25, 0.3) is 0 Å². The molecule has 3 rings (SSSR count). The van der Waals surface area contributed by atoms with Crippen molar-refractivity contribution in [3.63, 3.8) is 0 Å². The van der Waals surface area contributed by atoms with E-state index in [1.165, 1.54) is 44.6 Å². The van der Waals surface area contributed by atoms with Crippen molar-refractivity contribution in [3.8, 4) is 11.5 Å². The fraction of sp³-hybridized carbons (Fsp3) is 0.500. The molecule has 7 heteroatoms. The lowest BCUT2D eigenvalue weighted by Gasteiger charge is -2.24. The van der Waals surface area contributed by atoms with Crippen molar-refractivity contribution in [1.82, 2.24) is 10.6 Å². The molecule has 33 heavy (non-hydrogen) atoms. The third-order valence-corrected chi connectivity index (χ3v) is 7.21. The second-order valence-electron chi connectivity index (χ2n) is 8.43. The molecule has 1 fully saturated rings. The Bertz CT molecular complexity index is 932. The summed E-state index contributed by atoms with van der Waals surface area (Å²) >= 11 is 10.4. The molecule has 0 unspecified atom stereocenters. The summed E-state index contributed by atoms with van der Waals surface area (Å²) in [6, 6.07) is 10.2. The number of halogens is 2. The van der Waals surface area contributed by atoms with Gasteiger partial charge in [-0.1, -0.05) is 65.0 Å². The van der Waals surface area contributed by atoms with Crippen LogP contribution >= 0.6 is 27.5 Å². The smallest absolute Gasteiger partial charge is 0.216 e. The third-order valence-electron chi connectivity index (χ3n) is 5.94. The minimum Gasteiger partial charge on any atom is -0.493 e. The van der Waals surface area contributed by atoms with Gasteiger partial charge >= 0.3 is 0 Å². The molecule has 1 aliphatic carbocycles. The highest BCUT2D eigenvalue weighted by molar-refractivity contribution is 9.10. The standard InChI is InChI=1S/C26H34BrClN2O3/c1-3-32-24-15-25(23(28)14-21(24)16-29-12-13-30-18(2)31)33-17-20-10-7-11-22(26(20)27)19-8-5-4-6-9-19/h7,10-11,14-15,19,29H,3-6,8-9,12-13,16-17H2,1-2H3,(H,30,31). The summed E-state index contributed by atoms with van der Waals surface area (Å²) in [7, 11) is 0. The maximum Gasteiger partial charge on any atom is 0.216 e. The average molecular weight is 538 g/mol. The van der Waals surface area contributed by atoms with Crippen LogP contribution < -0.4 is 20.1 Å². The number of carbonyl (C=O) groups is 1. The highest BCUT2D eigenvalue weighted by atomic mass is 79.9. The number of carbonyl (C=O) groups excluding carboxylic acids is 1. The minimum atomic E-state index is -0.0349. The third kappa shape index (κ3) is 7.62. The summed E-state index contributed by atoms with van der Waals surface area (Å²) in [6.07, 6.45) is 6.47. The van der Waals surface area contributed by atoms with Gasteiger partial charge in [0.1, 0.15) is 18.1 Å². The zero-order chi connectivity index (χ0) is 23.6. The molecule has 0 aliphatic heterocycles. The van der Waals surface area contributed by atoms with Gasteiger partial charge < -0.3 is 20.1 Å². The Balaban J connectivity index is 1.67. The van der Waals surface area contributed by atoms with Crippen molar-refractivity contribution in [3.05, 3.63) is 56.5 Å². The molecule has 2 N–H and O–H groups in total. The number of ether oxygens (including phenoxy) is 2. The quantitative estimate of drug-likeness (QED) is 0.328. The zero-order valence-corrected chi connectivity index (χ0v) is 21.9. The van der Waals surface area contributed by atoms with Crippen LogP contribution in [0.4, 0.5) is 0 Å². The zero-order valence-electron chi connectivity index (χ0n) is 19.5. The van der Waals surface area contributed by atoms with E-state index in [4.69, 9.17) is 21.1 Å². The molecule has 0 heterocycles. The fourth-order valence-corrected chi connectivity index (χ4v) is 5.20. The van der Waals surface area contributed by atoms with E-state index in [9.17, 15) is 4.79 Å². The van der Waals surface area contributed by atoms with Gasteiger partial charge in [-0.2, -0.15) is 0 Å². The van der Waals surface area contributed by atoms with Gasteiger partial charge in [0.15, 0.2) is 0 Å². The van der Waals surface area contributed by atoms with Gasteiger partial charge in [-0.05, 0) is 37.3 Å². The minimum absolute atomic E-state index is 0.0349. The van der Waals surface area contributed by atoms with Crippen LogP contribution in [0.2, 0.25) is 5.02 Å². The maximum atomic E-state index is 11.0. The van der Waals surface area contributed by atoms with Gasteiger partial charge in [0, 0.05) is 48.2 Å². The molecule has 0 spiro atoms. The van der Waals surface area contributed by atoms with Gasteiger partial charge in [-0.3, -0.25) is 4.79 Å². The molecule has 1 saturated carbocycles. The van der Waals surface area contributed by atoms with Crippen molar-refractivity contribution in [2.75, 3.05) is 19.7 Å². The van der Waals surface area contributed by atoms with Crippen LogP contribution in [0.15, 0.2) is 34.8 Å². The fourth-order valence-electron chi connectivity index (χ4n) is 4.26. The number of amides is 1. The SMILES string of the molecule is CCOc1cc(OCc2cccc(C3CCCCC3)c2Br)c(Cl)cc1CNCCNC(C)=O. The van der Waals surface area contributed by atoms with Gasteiger partial charge in [-0.15, -0.1) is 0 Å². The second-order valence-corrected chi connectivity index (χ2v) is 9.63. The van der Waals surface area contributed by atoms with Crippen molar-refractivity contribution in [2.45, 2.75) is 65.0 Å². The molecular weight excluding hydrogens is 504 g/mol. The van der Waals surface area contributed by atoms with Crippen molar-refractivity contribution >= 4 is 33.4 Å². The summed E-state index contributed by atoms with van der Waals surface area (Å²) in [6.45, 7) is 6.27. The van der Waals surface area contributed by atoms with Crippen LogP contribution in [0.3, 0.4) is 0 Å². The van der Waals surface area contributed by atoms with Crippen LogP contribution in [0.5, 0.6) is 11.5 Å². The lowest BCUT2D eigenvalue weighted by molar-refractivity contribution is -0.118. The number of benzene rings is 2. The van der Waals surface area contributed by atoms with E-state index in [-0.39, 0.29) is 5.91 Å². The topological polar surface area (TPSA) is 59.6 Å². The molecule has 2 aromatic rings. The van der Waals surface area contributed by atoms with Crippen LogP contribution in [-0.2, 0) is 17.9 Å². The van der Waals surface area contributed by atoms with E-state index >= 15 is 0 Å². The van der Waals surface area contributed by atoms with Crippen LogP contribution in [0, 0.1) is 0 Å². The first-order valence-corrected chi connectivity index (χ1v) is 13.0. The highest BCUT2D eigenvalue weighted by Gasteiger charge is 2.19. The van der Waals surface area contributed by atoms with E-state index in [0.717, 1.165) is 21.3 Å². The maximum absolute atomic E-state index is 11.0. The second kappa shape index (κ2) is 13.2. The predicted molar refractivity (Wildman–Crippen MR) is 137 cm³/mol. The largest absolute Gasteiger partial charge is 0.493 e. The van der Waals surface area contributed by atoms with E-state index < -0.39 is 0 Å². The Morgan fingerprint density at radius 3 is 2.61 bits per heavy atom. The molecule has 1 aliphatic rings. The predicted octanol–water partition coefficient (Wildman–Crippen LogP) is 6.35. The van der Waals surface area contributed by atoms with Crippen LogP contribution in [0.25, 0.3) is 0 Å². The van der Waals surface area contributed by atoms with E-state index in [2.05, 4.69) is 44.8 Å². The van der Waals surface area contributed by atoms with E-state index in [0.29, 0.717) is 49.5 Å². The van der Waals surface area contributed by atoms with Crippen molar-refractivity contribution in [2.24, 2.45) is 0 Å². The highest BCUT2D eigenvalue weighted by Crippen LogP contribution is 2.38. The first-order chi connectivity index (χ1) is 16.0. The molecular formula is C26H34BrClN2O3. The van der Waals surface area contributed by atoms with Crippen molar-refractivity contribution in [1.29, 1.82) is 0 Å². The molecule has 2 aromatic carbocycles. The molecule has 5 nitrogen and oxygen atoms in total. The number of hydrogen-bond acceptors (Lipinski definition) is 4. The monoisotopic (exact) mass is 536 g/mol. The van der Waals surface area contributed by atoms with Crippen LogP contribution in [-0.4, -0.2) is 25.6 Å². The first-order valence-electron chi connectivity index (χ1n) is 11.8. The average Bonchev–Trinajstić information content (AvgIpc) is 2.80. The summed E-state index contributed by atoms with van der Waals surface area (Å²) in [5.41, 5.74) is 3.46. The Morgan fingerprint density at radius 1 is 1.09 bits per heavy atom. The summed E-state index contributed by atoms with van der Waals surface area (Å²) in [5.74, 6) is 1.95. The molecule has 0 radical (unpaired) electrons. The number of rotatable bonds is 11. The molecule has 0 saturated heterocycles. The lowest BCUT2D eigenvalue weighted by atomic mass is 9.83. The molecule has 180 valence electrons. The van der Waals surface area contributed by atoms with E-state index in [1.54, 1.807) is 0 Å². The Morgan fingerprint density at radius 2 is 1.88 bits per heavy atom. The van der Waals surface area contributed by atoms with E-state index in [1.807, 2.05) is 19.1 Å².